The van der Waals surface area contributed by atoms with Crippen LogP contribution in [0.4, 0.5) is 0 Å². The van der Waals surface area contributed by atoms with E-state index in [1.165, 1.54) is 30.3 Å². The highest BCUT2D eigenvalue weighted by Crippen LogP contribution is 2.06. The zero-order valence-electron chi connectivity index (χ0n) is 7.62. The van der Waals surface area contributed by atoms with E-state index in [-0.39, 0.29) is 5.56 Å². The van der Waals surface area contributed by atoms with E-state index in [9.17, 15) is 13.2 Å². The summed E-state index contributed by atoms with van der Waals surface area (Å²) in [5, 5.41) is 14.2. The molecular weight excluding hydrogens is 218 g/mol. The molecule has 0 spiro atoms. The lowest BCUT2D eigenvalue weighted by Crippen LogP contribution is -2.06. The average molecular weight is 227 g/mol. The van der Waals surface area contributed by atoms with Crippen molar-refractivity contribution in [3.63, 3.8) is 0 Å². The second kappa shape index (κ2) is 4.24. The van der Waals surface area contributed by atoms with Crippen molar-refractivity contribution in [1.82, 2.24) is 0 Å². The summed E-state index contributed by atoms with van der Waals surface area (Å²) in [5.41, 5.74) is 0.705. The number of carboxylic acids is 1. The van der Waals surface area contributed by atoms with Crippen LogP contribution in [0, 0.1) is 0 Å². The van der Waals surface area contributed by atoms with Gasteiger partial charge in [-0.2, -0.15) is 0 Å². The molecule has 3 N–H and O–H groups in total. The van der Waals surface area contributed by atoms with Crippen molar-refractivity contribution in [3.05, 3.63) is 40.8 Å². The fourth-order valence-corrected chi connectivity index (χ4v) is 1.26. The van der Waals surface area contributed by atoms with Gasteiger partial charge in [0.2, 0.25) is 10.0 Å². The van der Waals surface area contributed by atoms with Gasteiger partial charge in [-0.1, -0.05) is 12.1 Å². The van der Waals surface area contributed by atoms with E-state index in [2.05, 4.69) is 0 Å². The molecule has 0 atom stereocenters. The second-order valence-corrected chi connectivity index (χ2v) is 4.27. The molecule has 0 aliphatic rings. The van der Waals surface area contributed by atoms with E-state index in [0.29, 0.717) is 5.56 Å². The standard InChI is InChI=1S/C9H9NO4S/c10-15(13,14)6-5-7-1-3-8(4-2-7)9(11)12/h1-6H,(H,11,12)(H2,10,13,14)/b6-5+. The van der Waals surface area contributed by atoms with Gasteiger partial charge < -0.3 is 5.11 Å². The first kappa shape index (κ1) is 11.4. The Kier molecular flexibility index (Phi) is 3.23. The van der Waals surface area contributed by atoms with Gasteiger partial charge in [-0.05, 0) is 23.8 Å². The fourth-order valence-electron chi connectivity index (χ4n) is 0.910. The molecular formula is C9H9NO4S. The number of hydrogen-bond donors (Lipinski definition) is 2. The molecule has 0 radical (unpaired) electrons. The summed E-state index contributed by atoms with van der Waals surface area (Å²) in [7, 11) is -3.65. The summed E-state index contributed by atoms with van der Waals surface area (Å²) >= 11 is 0. The quantitative estimate of drug-likeness (QED) is 0.791. The zero-order chi connectivity index (χ0) is 11.5. The Labute approximate surface area is 86.9 Å². The van der Waals surface area contributed by atoms with Crippen molar-refractivity contribution in [3.8, 4) is 0 Å². The molecule has 1 rings (SSSR count). The molecule has 0 aromatic heterocycles. The minimum atomic E-state index is -3.65. The predicted molar refractivity (Wildman–Crippen MR) is 55.5 cm³/mol. The Morgan fingerprint density at radius 2 is 1.80 bits per heavy atom. The van der Waals surface area contributed by atoms with Crippen molar-refractivity contribution in [2.45, 2.75) is 0 Å². The van der Waals surface area contributed by atoms with Gasteiger partial charge in [-0.3, -0.25) is 0 Å². The van der Waals surface area contributed by atoms with Crippen molar-refractivity contribution >= 4 is 22.1 Å². The summed E-state index contributed by atoms with van der Waals surface area (Å²) in [5.74, 6) is -1.03. The third kappa shape index (κ3) is 3.92. The van der Waals surface area contributed by atoms with Crippen LogP contribution in [-0.4, -0.2) is 19.5 Å². The van der Waals surface area contributed by atoms with Crippen LogP contribution >= 0.6 is 0 Å². The van der Waals surface area contributed by atoms with Crippen LogP contribution in [0.25, 0.3) is 6.08 Å². The smallest absolute Gasteiger partial charge is 0.335 e. The zero-order valence-corrected chi connectivity index (χ0v) is 8.44. The average Bonchev–Trinajstić information content (AvgIpc) is 2.14. The molecule has 6 heteroatoms. The van der Waals surface area contributed by atoms with Gasteiger partial charge in [0.25, 0.3) is 0 Å². The summed E-state index contributed by atoms with van der Waals surface area (Å²) in [6.07, 6.45) is 1.29. The van der Waals surface area contributed by atoms with E-state index < -0.39 is 16.0 Å². The van der Waals surface area contributed by atoms with Crippen LogP contribution < -0.4 is 5.14 Å². The van der Waals surface area contributed by atoms with Crippen LogP contribution in [0.5, 0.6) is 0 Å². The van der Waals surface area contributed by atoms with Crippen LogP contribution in [0.2, 0.25) is 0 Å². The third-order valence-corrected chi connectivity index (χ3v) is 2.12. The number of benzene rings is 1. The Hall–Kier alpha value is -1.66. The van der Waals surface area contributed by atoms with Gasteiger partial charge in [0, 0.05) is 5.41 Å². The van der Waals surface area contributed by atoms with E-state index in [1.807, 2.05) is 0 Å². The summed E-state index contributed by atoms with van der Waals surface area (Å²) < 4.78 is 21.2. The summed E-state index contributed by atoms with van der Waals surface area (Å²) in [6, 6.07) is 5.74. The van der Waals surface area contributed by atoms with Crippen molar-refractivity contribution < 1.29 is 18.3 Å². The number of primary sulfonamides is 1. The number of nitrogens with two attached hydrogens (primary N) is 1. The highest BCUT2D eigenvalue weighted by molar-refractivity contribution is 7.92. The van der Waals surface area contributed by atoms with E-state index in [0.717, 1.165) is 5.41 Å². The van der Waals surface area contributed by atoms with Gasteiger partial charge in [0.1, 0.15) is 0 Å². The molecule has 1 aromatic carbocycles. The SMILES string of the molecule is NS(=O)(=O)/C=C/c1ccc(C(=O)O)cc1. The molecule has 0 saturated heterocycles. The Bertz CT molecular complexity index is 487. The number of sulfonamides is 1. The summed E-state index contributed by atoms with van der Waals surface area (Å²) in [4.78, 5) is 10.5. The highest BCUT2D eigenvalue weighted by Gasteiger charge is 2.00. The molecule has 0 saturated carbocycles. The maximum atomic E-state index is 10.6. The van der Waals surface area contributed by atoms with Crippen LogP contribution in [-0.2, 0) is 10.0 Å². The van der Waals surface area contributed by atoms with Crippen LogP contribution in [0.3, 0.4) is 0 Å². The minimum absolute atomic E-state index is 0.141. The lowest BCUT2D eigenvalue weighted by molar-refractivity contribution is 0.0697. The van der Waals surface area contributed by atoms with Gasteiger partial charge >= 0.3 is 5.97 Å². The number of carboxylic acid groups (broad SMARTS) is 1. The third-order valence-electron chi connectivity index (χ3n) is 1.61. The molecule has 15 heavy (non-hydrogen) atoms. The molecule has 0 heterocycles. The predicted octanol–water partition coefficient (Wildman–Crippen LogP) is 0.644. The molecule has 0 aliphatic carbocycles. The summed E-state index contributed by atoms with van der Waals surface area (Å²) in [6.45, 7) is 0. The Morgan fingerprint density at radius 3 is 2.20 bits per heavy atom. The number of aromatic carboxylic acids is 1. The highest BCUT2D eigenvalue weighted by atomic mass is 32.2. The van der Waals surface area contributed by atoms with Gasteiger partial charge in [-0.25, -0.2) is 18.4 Å². The van der Waals surface area contributed by atoms with Crippen LogP contribution in [0.15, 0.2) is 29.7 Å². The molecule has 80 valence electrons. The lowest BCUT2D eigenvalue weighted by Gasteiger charge is -1.95. The monoisotopic (exact) mass is 227 g/mol. The van der Waals surface area contributed by atoms with Gasteiger partial charge in [0.05, 0.1) is 5.56 Å². The first-order chi connectivity index (χ1) is 6.88. The Balaban J connectivity index is 2.91. The largest absolute Gasteiger partial charge is 0.478 e. The van der Waals surface area contributed by atoms with Crippen molar-refractivity contribution in [2.75, 3.05) is 0 Å². The molecule has 0 fully saturated rings. The van der Waals surface area contributed by atoms with E-state index in [4.69, 9.17) is 10.2 Å². The molecule has 1 aromatic rings. The maximum Gasteiger partial charge on any atom is 0.335 e. The van der Waals surface area contributed by atoms with E-state index >= 15 is 0 Å². The molecule has 0 bridgehead atoms. The van der Waals surface area contributed by atoms with Gasteiger partial charge in [-0.15, -0.1) is 0 Å². The number of carbonyl (C=O) groups is 1. The fraction of sp³-hybridized carbons (Fsp3) is 0. The molecule has 0 unspecified atom stereocenters. The maximum absolute atomic E-state index is 10.6. The molecule has 5 nitrogen and oxygen atoms in total. The lowest BCUT2D eigenvalue weighted by atomic mass is 10.1. The molecule has 0 amide bonds. The molecule has 0 aliphatic heterocycles. The van der Waals surface area contributed by atoms with E-state index in [1.54, 1.807) is 0 Å². The minimum Gasteiger partial charge on any atom is -0.478 e. The van der Waals surface area contributed by atoms with Gasteiger partial charge in [0.15, 0.2) is 0 Å². The topological polar surface area (TPSA) is 97.5 Å². The van der Waals surface area contributed by atoms with Crippen molar-refractivity contribution in [1.29, 1.82) is 0 Å². The number of rotatable bonds is 3. The number of hydrogen-bond acceptors (Lipinski definition) is 3. The first-order valence-corrected chi connectivity index (χ1v) is 5.54. The first-order valence-electron chi connectivity index (χ1n) is 3.93. The second-order valence-electron chi connectivity index (χ2n) is 2.82. The van der Waals surface area contributed by atoms with Crippen LogP contribution in [0.1, 0.15) is 15.9 Å². The normalized spacial score (nSPS) is 11.8. The van der Waals surface area contributed by atoms with Crippen molar-refractivity contribution in [2.24, 2.45) is 5.14 Å². The Morgan fingerprint density at radius 1 is 1.27 bits per heavy atom.